The van der Waals surface area contributed by atoms with Crippen LogP contribution in [0, 0.1) is 14.1 Å². The van der Waals surface area contributed by atoms with Gasteiger partial charge in [-0.1, -0.05) is 48.0 Å². The number of halogens is 2. The fraction of sp³-hybridized carbons (Fsp3) is 0.0833. The molecule has 0 atom stereocenters. The highest BCUT2D eigenvalue weighted by atomic mass is 127. The van der Waals surface area contributed by atoms with Crippen LogP contribution in [0.2, 0.25) is 0 Å². The lowest BCUT2D eigenvalue weighted by molar-refractivity contribution is -0.129. The average Bonchev–Trinajstić information content (AvgIpc) is 3.10. The zero-order valence-electron chi connectivity index (χ0n) is 16.1. The molecule has 150 valence electrons. The first kappa shape index (κ1) is 21.0. The minimum atomic E-state index is -0.446. The van der Waals surface area contributed by atoms with E-state index in [0.717, 1.165) is 29.6 Å². The van der Waals surface area contributed by atoms with Crippen LogP contribution in [0.5, 0.6) is 5.75 Å². The minimum Gasteiger partial charge on any atom is -0.487 e. The van der Waals surface area contributed by atoms with E-state index in [0.29, 0.717) is 12.5 Å². The van der Waals surface area contributed by atoms with E-state index >= 15 is 0 Å². The monoisotopic (exact) mass is 621 g/mol. The van der Waals surface area contributed by atoms with Crippen LogP contribution in [-0.2, 0) is 16.1 Å². The van der Waals surface area contributed by atoms with Crippen LogP contribution in [0.15, 0.2) is 77.4 Å². The van der Waals surface area contributed by atoms with Crippen molar-refractivity contribution < 1.29 is 14.3 Å². The number of carbonyl (C=O) groups is 1. The molecule has 6 heteroatoms. The standard InChI is InChI=1S/C24H17I2NO3/c1-15-7-9-16(10-8-15)14-29-22-19(25)11-17(12-20(22)26)13-21-24(28)30-23(27-21)18-5-3-2-4-6-18/h2-13H,14H2,1H3/b21-13-. The number of aliphatic imine (C=N–C) groups is 1. The molecule has 0 bridgehead atoms. The molecular formula is C24H17I2NO3. The Labute approximate surface area is 202 Å². The summed E-state index contributed by atoms with van der Waals surface area (Å²) in [6, 6.07) is 21.6. The quantitative estimate of drug-likeness (QED) is 0.196. The summed E-state index contributed by atoms with van der Waals surface area (Å²) in [7, 11) is 0. The van der Waals surface area contributed by atoms with Crippen LogP contribution in [0.1, 0.15) is 22.3 Å². The minimum absolute atomic E-state index is 0.286. The van der Waals surface area contributed by atoms with Gasteiger partial charge >= 0.3 is 5.97 Å². The summed E-state index contributed by atoms with van der Waals surface area (Å²) in [5.41, 5.74) is 4.28. The lowest BCUT2D eigenvalue weighted by Gasteiger charge is -2.12. The molecule has 0 N–H and O–H groups in total. The van der Waals surface area contributed by atoms with E-state index < -0.39 is 5.97 Å². The number of hydrogen-bond acceptors (Lipinski definition) is 4. The Hall–Kier alpha value is -2.20. The van der Waals surface area contributed by atoms with E-state index in [-0.39, 0.29) is 5.70 Å². The summed E-state index contributed by atoms with van der Waals surface area (Å²) < 4.78 is 13.3. The molecule has 0 aliphatic carbocycles. The molecule has 0 amide bonds. The van der Waals surface area contributed by atoms with E-state index in [2.05, 4.69) is 81.4 Å². The highest BCUT2D eigenvalue weighted by molar-refractivity contribution is 14.1. The molecule has 30 heavy (non-hydrogen) atoms. The van der Waals surface area contributed by atoms with Gasteiger partial charge in [0.2, 0.25) is 5.90 Å². The van der Waals surface area contributed by atoms with Gasteiger partial charge in [0, 0.05) is 5.56 Å². The number of nitrogens with zero attached hydrogens (tertiary/aromatic N) is 1. The Balaban J connectivity index is 1.55. The second-order valence-corrected chi connectivity index (χ2v) is 9.11. The smallest absolute Gasteiger partial charge is 0.363 e. The van der Waals surface area contributed by atoms with Crippen LogP contribution in [-0.4, -0.2) is 11.9 Å². The summed E-state index contributed by atoms with van der Waals surface area (Å²) in [5, 5.41) is 0. The van der Waals surface area contributed by atoms with Gasteiger partial charge in [-0.3, -0.25) is 0 Å². The van der Waals surface area contributed by atoms with Crippen LogP contribution in [0.25, 0.3) is 6.08 Å². The summed E-state index contributed by atoms with van der Waals surface area (Å²) in [6.07, 6.45) is 1.74. The van der Waals surface area contributed by atoms with Gasteiger partial charge in [-0.05, 0) is 93.6 Å². The summed E-state index contributed by atoms with van der Waals surface area (Å²) in [5.74, 6) is 0.717. The van der Waals surface area contributed by atoms with Crippen LogP contribution < -0.4 is 4.74 Å². The number of cyclic esters (lactones) is 1. The van der Waals surface area contributed by atoms with Crippen molar-refractivity contribution in [2.45, 2.75) is 13.5 Å². The third-order valence-electron chi connectivity index (χ3n) is 4.47. The van der Waals surface area contributed by atoms with Crippen molar-refractivity contribution in [1.29, 1.82) is 0 Å². The van der Waals surface area contributed by atoms with Gasteiger partial charge in [0.05, 0.1) is 7.14 Å². The number of hydrogen-bond donors (Lipinski definition) is 0. The zero-order chi connectivity index (χ0) is 21.1. The number of rotatable bonds is 5. The van der Waals surface area contributed by atoms with Gasteiger partial charge in [-0.2, -0.15) is 0 Å². The molecule has 0 radical (unpaired) electrons. The molecular weight excluding hydrogens is 604 g/mol. The number of ether oxygens (including phenoxy) is 2. The van der Waals surface area contributed by atoms with Crippen molar-refractivity contribution in [3.8, 4) is 5.75 Å². The Kier molecular flexibility index (Phi) is 6.52. The number of aryl methyl sites for hydroxylation is 1. The second kappa shape index (κ2) is 9.30. The highest BCUT2D eigenvalue weighted by Crippen LogP contribution is 2.31. The van der Waals surface area contributed by atoms with Crippen LogP contribution >= 0.6 is 45.2 Å². The normalized spacial score (nSPS) is 14.6. The predicted molar refractivity (Wildman–Crippen MR) is 134 cm³/mol. The Morgan fingerprint density at radius 3 is 2.33 bits per heavy atom. The molecule has 0 saturated heterocycles. The first-order valence-electron chi connectivity index (χ1n) is 9.25. The van der Waals surface area contributed by atoms with Crippen molar-refractivity contribution in [3.63, 3.8) is 0 Å². The first-order chi connectivity index (χ1) is 14.5. The molecule has 0 fully saturated rings. The maximum Gasteiger partial charge on any atom is 0.363 e. The van der Waals surface area contributed by atoms with Gasteiger partial charge in [-0.15, -0.1) is 0 Å². The fourth-order valence-electron chi connectivity index (χ4n) is 2.91. The van der Waals surface area contributed by atoms with Gasteiger partial charge < -0.3 is 9.47 Å². The van der Waals surface area contributed by atoms with Crippen LogP contribution in [0.4, 0.5) is 0 Å². The van der Waals surface area contributed by atoms with Crippen molar-refractivity contribution >= 4 is 63.1 Å². The average molecular weight is 621 g/mol. The fourth-order valence-corrected chi connectivity index (χ4v) is 5.04. The molecule has 4 nitrogen and oxygen atoms in total. The number of esters is 1. The predicted octanol–water partition coefficient (Wildman–Crippen LogP) is 6.13. The molecule has 0 aromatic heterocycles. The molecule has 0 unspecified atom stereocenters. The SMILES string of the molecule is Cc1ccc(COc2c(I)cc(/C=C3\N=C(c4ccccc4)OC3=O)cc2I)cc1. The first-order valence-corrected chi connectivity index (χ1v) is 11.4. The molecule has 0 spiro atoms. The third-order valence-corrected chi connectivity index (χ3v) is 6.07. The second-order valence-electron chi connectivity index (χ2n) is 6.79. The lowest BCUT2D eigenvalue weighted by Crippen LogP contribution is -2.05. The topological polar surface area (TPSA) is 47.9 Å². The molecule has 3 aromatic rings. The highest BCUT2D eigenvalue weighted by Gasteiger charge is 2.24. The van der Waals surface area contributed by atoms with Crippen molar-refractivity contribution in [2.24, 2.45) is 4.99 Å². The summed E-state index contributed by atoms with van der Waals surface area (Å²) in [4.78, 5) is 16.6. The lowest BCUT2D eigenvalue weighted by atomic mass is 10.1. The van der Waals surface area contributed by atoms with Crippen molar-refractivity contribution in [1.82, 2.24) is 0 Å². The van der Waals surface area contributed by atoms with E-state index in [9.17, 15) is 4.79 Å². The maximum absolute atomic E-state index is 12.2. The Morgan fingerprint density at radius 2 is 1.67 bits per heavy atom. The van der Waals surface area contributed by atoms with Gasteiger partial charge in [-0.25, -0.2) is 9.79 Å². The van der Waals surface area contributed by atoms with E-state index in [4.69, 9.17) is 9.47 Å². The number of carbonyl (C=O) groups excluding carboxylic acids is 1. The van der Waals surface area contributed by atoms with Crippen LogP contribution in [0.3, 0.4) is 0 Å². The largest absolute Gasteiger partial charge is 0.487 e. The van der Waals surface area contributed by atoms with E-state index in [1.165, 1.54) is 5.56 Å². The molecule has 3 aromatic carbocycles. The zero-order valence-corrected chi connectivity index (χ0v) is 20.4. The Bertz CT molecular complexity index is 1130. The maximum atomic E-state index is 12.2. The van der Waals surface area contributed by atoms with Crippen molar-refractivity contribution in [3.05, 3.63) is 102 Å². The Morgan fingerprint density at radius 1 is 1.00 bits per heavy atom. The van der Waals surface area contributed by atoms with E-state index in [1.807, 2.05) is 42.5 Å². The molecule has 0 saturated carbocycles. The summed E-state index contributed by atoms with van der Waals surface area (Å²) in [6.45, 7) is 2.57. The molecule has 1 heterocycles. The molecule has 1 aliphatic rings. The van der Waals surface area contributed by atoms with Crippen molar-refractivity contribution in [2.75, 3.05) is 0 Å². The van der Waals surface area contributed by atoms with E-state index in [1.54, 1.807) is 6.08 Å². The molecule has 1 aliphatic heterocycles. The number of benzene rings is 3. The third kappa shape index (κ3) is 4.92. The van der Waals surface area contributed by atoms with Gasteiger partial charge in [0.25, 0.3) is 0 Å². The van der Waals surface area contributed by atoms with Gasteiger partial charge in [0.15, 0.2) is 5.70 Å². The van der Waals surface area contributed by atoms with Gasteiger partial charge in [0.1, 0.15) is 12.4 Å². The molecule has 4 rings (SSSR count). The summed E-state index contributed by atoms with van der Waals surface area (Å²) >= 11 is 4.51.